The lowest BCUT2D eigenvalue weighted by Crippen LogP contribution is -2.22. The van der Waals surface area contributed by atoms with Gasteiger partial charge in [0.2, 0.25) is 5.91 Å². The van der Waals surface area contributed by atoms with E-state index in [-0.39, 0.29) is 27.6 Å². The molecule has 0 aliphatic carbocycles. The minimum atomic E-state index is -4.14. The molecule has 1 amide bonds. The quantitative estimate of drug-likeness (QED) is 0.710. The van der Waals surface area contributed by atoms with Crippen molar-refractivity contribution in [3.05, 3.63) is 53.6 Å². The molecular weight excluding hydrogens is 400 g/mol. The Hall–Kier alpha value is -3.40. The van der Waals surface area contributed by atoms with E-state index in [0.29, 0.717) is 5.69 Å². The number of carbonyl (C=O) groups is 3. The molecule has 1 N–H and O–H groups in total. The molecule has 9 nitrogen and oxygen atoms in total. The van der Waals surface area contributed by atoms with Crippen molar-refractivity contribution in [2.75, 3.05) is 30.9 Å². The van der Waals surface area contributed by atoms with E-state index in [1.165, 1.54) is 30.0 Å². The number of sulfonamides is 1. The van der Waals surface area contributed by atoms with Crippen molar-refractivity contribution >= 4 is 39.2 Å². The van der Waals surface area contributed by atoms with Crippen molar-refractivity contribution in [1.82, 2.24) is 0 Å². The number of amides is 1. The molecule has 0 atom stereocenters. The number of anilines is 2. The highest BCUT2D eigenvalue weighted by atomic mass is 32.2. The third-order valence-corrected chi connectivity index (χ3v) is 5.40. The number of ether oxygens (including phenoxy) is 2. The Kier molecular flexibility index (Phi) is 6.60. The standard InChI is InChI=1S/C19H20N2O7S/c1-12(22)21(2)16-7-5-15(6-8-16)20-29(25,26)17-10-13(18(23)27-3)9-14(11-17)19(24)28-4/h5-11,20H,1-4H3. The van der Waals surface area contributed by atoms with Crippen LogP contribution in [0.15, 0.2) is 47.4 Å². The average molecular weight is 420 g/mol. The van der Waals surface area contributed by atoms with Crippen LogP contribution in [0, 0.1) is 0 Å². The molecule has 0 heterocycles. The van der Waals surface area contributed by atoms with Crippen LogP contribution in [0.4, 0.5) is 11.4 Å². The van der Waals surface area contributed by atoms with Crippen molar-refractivity contribution in [3.63, 3.8) is 0 Å². The van der Waals surface area contributed by atoms with Crippen LogP contribution in [0.2, 0.25) is 0 Å². The Morgan fingerprint density at radius 2 is 1.38 bits per heavy atom. The number of nitrogens with one attached hydrogen (secondary N) is 1. The third-order valence-electron chi connectivity index (χ3n) is 4.04. The van der Waals surface area contributed by atoms with Gasteiger partial charge in [0, 0.05) is 25.3 Å². The molecule has 0 bridgehead atoms. The summed E-state index contributed by atoms with van der Waals surface area (Å²) in [5, 5.41) is 0. The number of nitrogens with zero attached hydrogens (tertiary/aromatic N) is 1. The summed E-state index contributed by atoms with van der Waals surface area (Å²) in [7, 11) is -0.270. The maximum atomic E-state index is 12.8. The van der Waals surface area contributed by atoms with Gasteiger partial charge in [0.05, 0.1) is 30.2 Å². The second-order valence-corrected chi connectivity index (χ2v) is 7.64. The van der Waals surface area contributed by atoms with Gasteiger partial charge in [-0.1, -0.05) is 0 Å². The van der Waals surface area contributed by atoms with Crippen LogP contribution in [0.5, 0.6) is 0 Å². The fourth-order valence-electron chi connectivity index (χ4n) is 2.37. The number of carbonyl (C=O) groups excluding carboxylic acids is 3. The number of esters is 2. The Balaban J connectivity index is 2.40. The highest BCUT2D eigenvalue weighted by Gasteiger charge is 2.21. The van der Waals surface area contributed by atoms with Crippen LogP contribution in [-0.2, 0) is 24.3 Å². The third kappa shape index (κ3) is 5.11. The second kappa shape index (κ2) is 8.74. The smallest absolute Gasteiger partial charge is 0.337 e. The van der Waals surface area contributed by atoms with Gasteiger partial charge in [0.1, 0.15) is 0 Å². The Bertz CT molecular complexity index is 1010. The fraction of sp³-hybridized carbons (Fsp3) is 0.211. The summed E-state index contributed by atoms with van der Waals surface area (Å²) >= 11 is 0. The number of benzene rings is 2. The maximum Gasteiger partial charge on any atom is 0.337 e. The Morgan fingerprint density at radius 1 is 0.897 bits per heavy atom. The van der Waals surface area contributed by atoms with Gasteiger partial charge in [-0.25, -0.2) is 18.0 Å². The summed E-state index contributed by atoms with van der Waals surface area (Å²) in [4.78, 5) is 36.2. The first-order chi connectivity index (χ1) is 13.6. The lowest BCUT2D eigenvalue weighted by Gasteiger charge is -2.16. The van der Waals surface area contributed by atoms with Crippen LogP contribution in [0.1, 0.15) is 27.6 Å². The van der Waals surface area contributed by atoms with Crippen LogP contribution < -0.4 is 9.62 Å². The van der Waals surface area contributed by atoms with Crippen molar-refractivity contribution < 1.29 is 32.3 Å². The number of rotatable bonds is 6. The number of hydrogen-bond acceptors (Lipinski definition) is 7. The van der Waals surface area contributed by atoms with Gasteiger partial charge in [0.25, 0.3) is 10.0 Å². The molecule has 0 spiro atoms. The molecule has 0 radical (unpaired) electrons. The lowest BCUT2D eigenvalue weighted by atomic mass is 10.1. The summed E-state index contributed by atoms with van der Waals surface area (Å²) in [6.45, 7) is 1.41. The van der Waals surface area contributed by atoms with E-state index in [2.05, 4.69) is 14.2 Å². The SMILES string of the molecule is COC(=O)c1cc(C(=O)OC)cc(S(=O)(=O)Nc2ccc(N(C)C(C)=O)cc2)c1. The van der Waals surface area contributed by atoms with E-state index < -0.39 is 22.0 Å². The van der Waals surface area contributed by atoms with E-state index in [0.717, 1.165) is 26.4 Å². The predicted molar refractivity (Wildman–Crippen MR) is 105 cm³/mol. The van der Waals surface area contributed by atoms with Crippen molar-refractivity contribution in [2.24, 2.45) is 0 Å². The molecule has 29 heavy (non-hydrogen) atoms. The van der Waals surface area contributed by atoms with Gasteiger partial charge in [0.15, 0.2) is 0 Å². The second-order valence-electron chi connectivity index (χ2n) is 5.96. The molecule has 154 valence electrons. The summed E-state index contributed by atoms with van der Waals surface area (Å²) in [6, 6.07) is 9.49. The minimum Gasteiger partial charge on any atom is -0.465 e. The average Bonchev–Trinajstić information content (AvgIpc) is 2.71. The molecule has 0 aliphatic rings. The molecule has 2 aromatic rings. The van der Waals surface area contributed by atoms with Crippen molar-refractivity contribution in [1.29, 1.82) is 0 Å². The van der Waals surface area contributed by atoms with Crippen molar-refractivity contribution in [2.45, 2.75) is 11.8 Å². The minimum absolute atomic E-state index is 0.116. The van der Waals surface area contributed by atoms with Crippen molar-refractivity contribution in [3.8, 4) is 0 Å². The maximum absolute atomic E-state index is 12.8. The molecule has 0 saturated heterocycles. The first-order valence-corrected chi connectivity index (χ1v) is 9.76. The van der Waals surface area contributed by atoms with Crippen LogP contribution in [0.25, 0.3) is 0 Å². The van der Waals surface area contributed by atoms with E-state index in [1.807, 2.05) is 0 Å². The van der Waals surface area contributed by atoms with Gasteiger partial charge < -0.3 is 14.4 Å². The fourth-order valence-corrected chi connectivity index (χ4v) is 3.50. The predicted octanol–water partition coefficient (Wildman–Crippen LogP) is 2.04. The monoisotopic (exact) mass is 420 g/mol. The molecule has 0 aliphatic heterocycles. The molecule has 0 fully saturated rings. The Morgan fingerprint density at radius 3 is 1.79 bits per heavy atom. The first kappa shape index (κ1) is 21.9. The molecular formula is C19H20N2O7S. The van der Waals surface area contributed by atoms with Gasteiger partial charge in [-0.2, -0.15) is 0 Å². The zero-order chi connectivity index (χ0) is 21.8. The lowest BCUT2D eigenvalue weighted by molar-refractivity contribution is -0.116. The zero-order valence-corrected chi connectivity index (χ0v) is 17.1. The zero-order valence-electron chi connectivity index (χ0n) is 16.3. The number of hydrogen-bond donors (Lipinski definition) is 1. The highest BCUT2D eigenvalue weighted by Crippen LogP contribution is 2.22. The highest BCUT2D eigenvalue weighted by molar-refractivity contribution is 7.92. The van der Waals surface area contributed by atoms with E-state index in [4.69, 9.17) is 0 Å². The van der Waals surface area contributed by atoms with Crippen LogP contribution >= 0.6 is 0 Å². The van der Waals surface area contributed by atoms with Gasteiger partial charge in [-0.3, -0.25) is 9.52 Å². The molecule has 0 aromatic heterocycles. The summed E-state index contributed by atoms with van der Waals surface area (Å²) in [5.74, 6) is -1.78. The summed E-state index contributed by atoms with van der Waals surface area (Å²) in [6.07, 6.45) is 0. The molecule has 10 heteroatoms. The van der Waals surface area contributed by atoms with Gasteiger partial charge >= 0.3 is 11.9 Å². The van der Waals surface area contributed by atoms with Crippen LogP contribution in [-0.4, -0.2) is 47.5 Å². The van der Waals surface area contributed by atoms with Gasteiger partial charge in [-0.15, -0.1) is 0 Å². The summed E-state index contributed by atoms with van der Waals surface area (Å²) < 4.78 is 37.1. The number of methoxy groups -OCH3 is 2. The molecule has 2 aromatic carbocycles. The van der Waals surface area contributed by atoms with E-state index in [1.54, 1.807) is 19.2 Å². The summed E-state index contributed by atoms with van der Waals surface area (Å²) in [5.41, 5.74) is 0.582. The largest absolute Gasteiger partial charge is 0.465 e. The molecule has 0 saturated carbocycles. The van der Waals surface area contributed by atoms with Gasteiger partial charge in [-0.05, 0) is 42.5 Å². The van der Waals surface area contributed by atoms with E-state index >= 15 is 0 Å². The Labute approximate surface area is 168 Å². The topological polar surface area (TPSA) is 119 Å². The normalized spacial score (nSPS) is 10.8. The van der Waals surface area contributed by atoms with Crippen LogP contribution in [0.3, 0.4) is 0 Å². The van der Waals surface area contributed by atoms with E-state index in [9.17, 15) is 22.8 Å². The molecule has 2 rings (SSSR count). The molecule has 0 unspecified atom stereocenters. The first-order valence-electron chi connectivity index (χ1n) is 8.28.